The minimum atomic E-state index is 0.360. The molecule has 0 saturated carbocycles. The van der Waals surface area contributed by atoms with Gasteiger partial charge >= 0.3 is 0 Å². The molecule has 0 amide bonds. The highest BCUT2D eigenvalue weighted by Crippen LogP contribution is 2.23. The van der Waals surface area contributed by atoms with Gasteiger partial charge in [0.2, 0.25) is 5.13 Å². The van der Waals surface area contributed by atoms with E-state index in [0.29, 0.717) is 12.0 Å². The van der Waals surface area contributed by atoms with Crippen molar-refractivity contribution in [2.75, 3.05) is 18.5 Å². The van der Waals surface area contributed by atoms with Crippen LogP contribution >= 0.6 is 27.3 Å². The highest BCUT2D eigenvalue weighted by Gasteiger charge is 2.23. The Hall–Kier alpha value is -0.200. The van der Waals surface area contributed by atoms with Crippen molar-refractivity contribution >= 4 is 32.4 Å². The molecule has 0 bridgehead atoms. The van der Waals surface area contributed by atoms with Crippen molar-refractivity contribution in [3.63, 3.8) is 0 Å². The van der Waals surface area contributed by atoms with Crippen molar-refractivity contribution in [3.8, 4) is 0 Å². The first kappa shape index (κ1) is 10.3. The Labute approximate surface area is 95.2 Å². The van der Waals surface area contributed by atoms with Crippen LogP contribution in [-0.4, -0.2) is 29.5 Å². The Balaban J connectivity index is 1.82. The zero-order valence-corrected chi connectivity index (χ0v) is 10.3. The monoisotopic (exact) mass is 277 g/mol. The fourth-order valence-corrected chi connectivity index (χ4v) is 2.56. The van der Waals surface area contributed by atoms with Gasteiger partial charge in [0.25, 0.3) is 0 Å². The third-order valence-corrected chi connectivity index (χ3v) is 3.76. The van der Waals surface area contributed by atoms with Crippen molar-refractivity contribution in [1.82, 2.24) is 10.2 Å². The van der Waals surface area contributed by atoms with E-state index in [1.54, 1.807) is 0 Å². The molecule has 2 rings (SSSR count). The maximum absolute atomic E-state index is 5.48. The summed E-state index contributed by atoms with van der Waals surface area (Å²) in [4.78, 5) is 0. The molecule has 0 aliphatic carbocycles. The van der Waals surface area contributed by atoms with Crippen LogP contribution < -0.4 is 5.32 Å². The van der Waals surface area contributed by atoms with E-state index < -0.39 is 0 Å². The van der Waals surface area contributed by atoms with E-state index in [-0.39, 0.29) is 0 Å². The molecule has 0 radical (unpaired) electrons. The molecule has 1 aliphatic heterocycles. The Morgan fingerprint density at radius 3 is 3.07 bits per heavy atom. The van der Waals surface area contributed by atoms with Gasteiger partial charge < -0.3 is 10.1 Å². The van der Waals surface area contributed by atoms with Crippen molar-refractivity contribution in [2.24, 2.45) is 5.92 Å². The van der Waals surface area contributed by atoms with Gasteiger partial charge in [0.05, 0.1) is 6.10 Å². The van der Waals surface area contributed by atoms with Crippen LogP contribution in [0.15, 0.2) is 3.92 Å². The molecule has 14 heavy (non-hydrogen) atoms. The van der Waals surface area contributed by atoms with Crippen LogP contribution in [0.25, 0.3) is 0 Å². The first-order chi connectivity index (χ1) is 6.75. The molecule has 78 valence electrons. The van der Waals surface area contributed by atoms with Crippen molar-refractivity contribution in [2.45, 2.75) is 19.4 Å². The topological polar surface area (TPSA) is 47.0 Å². The molecule has 4 nitrogen and oxygen atoms in total. The van der Waals surface area contributed by atoms with Gasteiger partial charge in [-0.05, 0) is 29.3 Å². The lowest BCUT2D eigenvalue weighted by molar-refractivity contribution is 0.108. The summed E-state index contributed by atoms with van der Waals surface area (Å²) in [5.74, 6) is 0.595. The summed E-state index contributed by atoms with van der Waals surface area (Å²) in [6.45, 7) is 3.92. The van der Waals surface area contributed by atoms with Crippen molar-refractivity contribution in [1.29, 1.82) is 0 Å². The lowest BCUT2D eigenvalue weighted by Crippen LogP contribution is -2.20. The second kappa shape index (κ2) is 4.55. The number of halogens is 1. The fraction of sp³-hybridized carbons (Fsp3) is 0.750. The van der Waals surface area contributed by atoms with Gasteiger partial charge in [0.1, 0.15) is 0 Å². The average Bonchev–Trinajstić information content (AvgIpc) is 2.72. The second-order valence-electron chi connectivity index (χ2n) is 3.37. The number of anilines is 1. The zero-order chi connectivity index (χ0) is 9.97. The van der Waals surface area contributed by atoms with E-state index in [1.807, 2.05) is 0 Å². The molecular weight excluding hydrogens is 266 g/mol. The van der Waals surface area contributed by atoms with Gasteiger partial charge in [-0.1, -0.05) is 11.3 Å². The summed E-state index contributed by atoms with van der Waals surface area (Å²) < 4.78 is 6.29. The molecule has 0 aromatic carbocycles. The van der Waals surface area contributed by atoms with Gasteiger partial charge in [-0.3, -0.25) is 0 Å². The quantitative estimate of drug-likeness (QED) is 0.920. The summed E-state index contributed by atoms with van der Waals surface area (Å²) in [6, 6.07) is 0. The molecule has 0 spiro atoms. The maximum Gasteiger partial charge on any atom is 0.206 e. The zero-order valence-electron chi connectivity index (χ0n) is 7.86. The van der Waals surface area contributed by atoms with Crippen molar-refractivity contribution in [3.05, 3.63) is 3.92 Å². The summed E-state index contributed by atoms with van der Waals surface area (Å²) in [6.07, 6.45) is 1.49. The summed E-state index contributed by atoms with van der Waals surface area (Å²) in [5.41, 5.74) is 0. The van der Waals surface area contributed by atoms with Gasteiger partial charge in [-0.2, -0.15) is 0 Å². The summed E-state index contributed by atoms with van der Waals surface area (Å²) in [7, 11) is 0. The summed E-state index contributed by atoms with van der Waals surface area (Å²) in [5, 5.41) is 12.0. The smallest absolute Gasteiger partial charge is 0.206 e. The Kier molecular flexibility index (Phi) is 3.35. The van der Waals surface area contributed by atoms with E-state index in [1.165, 1.54) is 11.3 Å². The van der Waals surface area contributed by atoms with Crippen LogP contribution in [0.3, 0.4) is 0 Å². The number of aromatic nitrogens is 2. The number of nitrogens with zero attached hydrogens (tertiary/aromatic N) is 2. The predicted molar refractivity (Wildman–Crippen MR) is 59.6 cm³/mol. The first-order valence-electron chi connectivity index (χ1n) is 4.60. The fourth-order valence-electron chi connectivity index (χ4n) is 1.54. The van der Waals surface area contributed by atoms with Crippen LogP contribution in [0.4, 0.5) is 5.13 Å². The standard InChI is InChI=1S/C8H12BrN3OS/c1-5-6(2-3-13-5)4-10-8-12-11-7(9)14-8/h5-6H,2-4H2,1H3,(H,10,12). The normalized spacial score (nSPS) is 26.7. The highest BCUT2D eigenvalue weighted by molar-refractivity contribution is 9.11. The molecule has 1 aliphatic rings. The largest absolute Gasteiger partial charge is 0.378 e. The SMILES string of the molecule is CC1OCCC1CNc1nnc(Br)s1. The molecule has 1 N–H and O–H groups in total. The molecule has 2 heterocycles. The van der Waals surface area contributed by atoms with E-state index in [4.69, 9.17) is 4.74 Å². The molecular formula is C8H12BrN3OS. The average molecular weight is 278 g/mol. The lowest BCUT2D eigenvalue weighted by Gasteiger charge is -2.13. The van der Waals surface area contributed by atoms with Crippen LogP contribution in [-0.2, 0) is 4.74 Å². The molecule has 1 saturated heterocycles. The van der Waals surface area contributed by atoms with E-state index in [0.717, 1.165) is 28.6 Å². The molecule has 1 fully saturated rings. The van der Waals surface area contributed by atoms with Gasteiger partial charge in [0, 0.05) is 19.1 Å². The number of hydrogen-bond donors (Lipinski definition) is 1. The molecule has 1 aromatic heterocycles. The lowest BCUT2D eigenvalue weighted by atomic mass is 10.0. The number of ether oxygens (including phenoxy) is 1. The Morgan fingerprint density at radius 1 is 1.64 bits per heavy atom. The number of rotatable bonds is 3. The predicted octanol–water partition coefficient (Wildman–Crippen LogP) is 2.14. The molecule has 1 aromatic rings. The molecule has 2 unspecified atom stereocenters. The third kappa shape index (κ3) is 2.43. The van der Waals surface area contributed by atoms with Crippen LogP contribution in [0.1, 0.15) is 13.3 Å². The number of hydrogen-bond acceptors (Lipinski definition) is 5. The van der Waals surface area contributed by atoms with E-state index in [9.17, 15) is 0 Å². The van der Waals surface area contributed by atoms with Gasteiger partial charge in [-0.15, -0.1) is 10.2 Å². The van der Waals surface area contributed by atoms with Crippen molar-refractivity contribution < 1.29 is 4.74 Å². The molecule has 6 heteroatoms. The van der Waals surface area contributed by atoms with Gasteiger partial charge in [-0.25, -0.2) is 0 Å². The highest BCUT2D eigenvalue weighted by atomic mass is 79.9. The molecule has 2 atom stereocenters. The first-order valence-corrected chi connectivity index (χ1v) is 6.21. The van der Waals surface area contributed by atoms with Crippen LogP contribution in [0.5, 0.6) is 0 Å². The minimum Gasteiger partial charge on any atom is -0.378 e. The summed E-state index contributed by atoms with van der Waals surface area (Å²) >= 11 is 4.79. The third-order valence-electron chi connectivity index (χ3n) is 2.45. The number of nitrogens with one attached hydrogen (secondary N) is 1. The van der Waals surface area contributed by atoms with Crippen LogP contribution in [0, 0.1) is 5.92 Å². The van der Waals surface area contributed by atoms with Crippen LogP contribution in [0.2, 0.25) is 0 Å². The maximum atomic E-state index is 5.48. The Bertz CT molecular complexity index is 307. The van der Waals surface area contributed by atoms with E-state index in [2.05, 4.69) is 38.4 Å². The Morgan fingerprint density at radius 2 is 2.50 bits per heavy atom. The van der Waals surface area contributed by atoms with Gasteiger partial charge in [0.15, 0.2) is 3.92 Å². The minimum absolute atomic E-state index is 0.360. The van der Waals surface area contributed by atoms with E-state index >= 15 is 0 Å². The second-order valence-corrected chi connectivity index (χ2v) is 5.62.